The second-order valence-electron chi connectivity index (χ2n) is 2.67. The second-order valence-corrected chi connectivity index (χ2v) is 3.02. The van der Waals surface area contributed by atoms with Crippen LogP contribution in [0.4, 0.5) is 0 Å². The van der Waals surface area contributed by atoms with E-state index >= 15 is 0 Å². The van der Waals surface area contributed by atoms with Crippen molar-refractivity contribution in [2.24, 2.45) is 12.8 Å². The van der Waals surface area contributed by atoms with Crippen LogP contribution in [0.2, 0.25) is 5.15 Å². The normalized spacial score (nSPS) is 13.4. The highest BCUT2D eigenvalue weighted by Gasteiger charge is 2.17. The lowest BCUT2D eigenvalue weighted by Gasteiger charge is -2.06. The molecule has 3 N–H and O–H groups in total. The van der Waals surface area contributed by atoms with Crippen LogP contribution in [0.25, 0.3) is 0 Å². The summed E-state index contributed by atoms with van der Waals surface area (Å²) in [6.07, 6.45) is -0.716. The molecule has 0 spiro atoms. The van der Waals surface area contributed by atoms with E-state index in [1.165, 1.54) is 4.68 Å². The zero-order valence-corrected chi connectivity index (χ0v) is 7.84. The van der Waals surface area contributed by atoms with E-state index in [4.69, 9.17) is 17.3 Å². The quantitative estimate of drug-likeness (QED) is 0.707. The molecule has 0 aliphatic rings. The van der Waals surface area contributed by atoms with Gasteiger partial charge in [-0.2, -0.15) is 5.10 Å². The summed E-state index contributed by atoms with van der Waals surface area (Å²) in [4.78, 5) is 0. The van der Waals surface area contributed by atoms with Gasteiger partial charge in [0.2, 0.25) is 0 Å². The molecule has 1 aromatic heterocycles. The van der Waals surface area contributed by atoms with E-state index in [0.717, 1.165) is 5.69 Å². The zero-order chi connectivity index (χ0) is 9.30. The van der Waals surface area contributed by atoms with Crippen molar-refractivity contribution in [1.82, 2.24) is 9.78 Å². The maximum Gasteiger partial charge on any atom is 0.132 e. The van der Waals surface area contributed by atoms with Crippen molar-refractivity contribution in [1.29, 1.82) is 0 Å². The molecule has 1 heterocycles. The van der Waals surface area contributed by atoms with Crippen LogP contribution in [0.3, 0.4) is 0 Å². The number of aromatic nitrogens is 2. The molecule has 0 aromatic carbocycles. The fraction of sp³-hybridized carbons (Fsp3) is 0.571. The van der Waals surface area contributed by atoms with Crippen LogP contribution < -0.4 is 5.73 Å². The molecule has 0 aliphatic carbocycles. The number of aliphatic hydroxyl groups is 1. The Morgan fingerprint density at radius 3 is 2.67 bits per heavy atom. The predicted octanol–water partition coefficient (Wildman–Crippen LogP) is 0.374. The number of hydrogen-bond donors (Lipinski definition) is 2. The second kappa shape index (κ2) is 3.43. The van der Waals surface area contributed by atoms with Crippen LogP contribution in [-0.2, 0) is 7.05 Å². The highest BCUT2D eigenvalue weighted by molar-refractivity contribution is 6.30. The lowest BCUT2D eigenvalue weighted by molar-refractivity contribution is 0.186. The predicted molar refractivity (Wildman–Crippen MR) is 47.0 cm³/mol. The molecule has 1 aromatic rings. The van der Waals surface area contributed by atoms with E-state index in [0.29, 0.717) is 10.7 Å². The third kappa shape index (κ3) is 1.46. The average molecular weight is 190 g/mol. The zero-order valence-electron chi connectivity index (χ0n) is 7.08. The van der Waals surface area contributed by atoms with E-state index < -0.39 is 6.10 Å². The van der Waals surface area contributed by atoms with Crippen LogP contribution in [-0.4, -0.2) is 21.4 Å². The average Bonchev–Trinajstić information content (AvgIpc) is 2.26. The monoisotopic (exact) mass is 189 g/mol. The van der Waals surface area contributed by atoms with Crippen molar-refractivity contribution < 1.29 is 5.11 Å². The minimum absolute atomic E-state index is 0.159. The maximum atomic E-state index is 9.44. The Hall–Kier alpha value is -0.580. The summed E-state index contributed by atoms with van der Waals surface area (Å²) in [6, 6.07) is 0. The Kier molecular flexibility index (Phi) is 2.72. The summed E-state index contributed by atoms with van der Waals surface area (Å²) in [6.45, 7) is 1.95. The Labute approximate surface area is 75.9 Å². The topological polar surface area (TPSA) is 64.1 Å². The summed E-state index contributed by atoms with van der Waals surface area (Å²) in [5, 5.41) is 13.9. The van der Waals surface area contributed by atoms with Gasteiger partial charge in [0.05, 0.1) is 11.8 Å². The highest BCUT2D eigenvalue weighted by atomic mass is 35.5. The van der Waals surface area contributed by atoms with Gasteiger partial charge in [0.15, 0.2) is 0 Å². The Balaban J connectivity index is 3.13. The van der Waals surface area contributed by atoms with Crippen molar-refractivity contribution in [2.75, 3.05) is 6.54 Å². The van der Waals surface area contributed by atoms with Crippen molar-refractivity contribution in [3.63, 3.8) is 0 Å². The number of halogens is 1. The molecule has 1 atom stereocenters. The van der Waals surface area contributed by atoms with Gasteiger partial charge >= 0.3 is 0 Å². The SMILES string of the molecule is Cc1nn(C)c(Cl)c1[C@H](O)CN. The first-order valence-corrected chi connectivity index (χ1v) is 4.02. The highest BCUT2D eigenvalue weighted by Crippen LogP contribution is 2.24. The van der Waals surface area contributed by atoms with Gasteiger partial charge in [-0.15, -0.1) is 0 Å². The van der Waals surface area contributed by atoms with Gasteiger partial charge < -0.3 is 10.8 Å². The van der Waals surface area contributed by atoms with E-state index in [9.17, 15) is 5.11 Å². The fourth-order valence-electron chi connectivity index (χ4n) is 1.14. The van der Waals surface area contributed by atoms with Crippen LogP contribution >= 0.6 is 11.6 Å². The maximum absolute atomic E-state index is 9.44. The summed E-state index contributed by atoms with van der Waals surface area (Å²) in [5.74, 6) is 0. The van der Waals surface area contributed by atoms with Crippen LogP contribution in [0.15, 0.2) is 0 Å². The van der Waals surface area contributed by atoms with Gasteiger partial charge in [-0.05, 0) is 6.92 Å². The molecule has 0 bridgehead atoms. The number of aliphatic hydroxyl groups excluding tert-OH is 1. The van der Waals surface area contributed by atoms with Crippen molar-refractivity contribution in [3.8, 4) is 0 Å². The molecule has 0 aliphatic heterocycles. The van der Waals surface area contributed by atoms with Crippen LogP contribution in [0, 0.1) is 6.92 Å². The first-order chi connectivity index (χ1) is 5.57. The molecule has 0 fully saturated rings. The summed E-state index contributed by atoms with van der Waals surface area (Å²) in [5.41, 5.74) is 6.65. The summed E-state index contributed by atoms with van der Waals surface area (Å²) >= 11 is 5.87. The van der Waals surface area contributed by atoms with Crippen LogP contribution in [0.1, 0.15) is 17.4 Å². The van der Waals surface area contributed by atoms with E-state index in [1.807, 2.05) is 0 Å². The summed E-state index contributed by atoms with van der Waals surface area (Å²) in [7, 11) is 1.72. The molecule has 0 unspecified atom stereocenters. The molecular formula is C7H12ClN3O. The van der Waals surface area contributed by atoms with Crippen LogP contribution in [0.5, 0.6) is 0 Å². The van der Waals surface area contributed by atoms with Crippen molar-refractivity contribution >= 4 is 11.6 Å². The van der Waals surface area contributed by atoms with Gasteiger partial charge in [0.25, 0.3) is 0 Å². The molecule has 5 heteroatoms. The molecule has 1 rings (SSSR count). The minimum Gasteiger partial charge on any atom is -0.387 e. The lowest BCUT2D eigenvalue weighted by Crippen LogP contribution is -2.12. The van der Waals surface area contributed by atoms with E-state index in [1.54, 1.807) is 14.0 Å². The van der Waals surface area contributed by atoms with Gasteiger partial charge in [0, 0.05) is 19.2 Å². The fourth-order valence-corrected chi connectivity index (χ4v) is 1.44. The molecular weight excluding hydrogens is 178 g/mol. The smallest absolute Gasteiger partial charge is 0.132 e. The third-order valence-electron chi connectivity index (χ3n) is 1.75. The molecule has 68 valence electrons. The molecule has 0 radical (unpaired) electrons. The van der Waals surface area contributed by atoms with Gasteiger partial charge in [-0.3, -0.25) is 4.68 Å². The number of nitrogens with two attached hydrogens (primary N) is 1. The standard InChI is InChI=1S/C7H12ClN3O/c1-4-6(5(12)3-9)7(8)11(2)10-4/h5,12H,3,9H2,1-2H3/t5-/m1/s1. The van der Waals surface area contributed by atoms with Gasteiger partial charge in [-0.25, -0.2) is 0 Å². The largest absolute Gasteiger partial charge is 0.387 e. The Morgan fingerprint density at radius 1 is 1.75 bits per heavy atom. The number of nitrogens with zero attached hydrogens (tertiary/aromatic N) is 2. The first-order valence-electron chi connectivity index (χ1n) is 3.65. The third-order valence-corrected chi connectivity index (χ3v) is 2.20. The van der Waals surface area contributed by atoms with E-state index in [2.05, 4.69) is 5.10 Å². The molecule has 0 saturated heterocycles. The van der Waals surface area contributed by atoms with Gasteiger partial charge in [0.1, 0.15) is 5.15 Å². The van der Waals surface area contributed by atoms with E-state index in [-0.39, 0.29) is 6.54 Å². The molecule has 0 saturated carbocycles. The minimum atomic E-state index is -0.716. The number of aryl methyl sites for hydroxylation is 2. The molecule has 0 amide bonds. The number of hydrogen-bond acceptors (Lipinski definition) is 3. The molecule has 4 nitrogen and oxygen atoms in total. The first kappa shape index (κ1) is 9.51. The number of rotatable bonds is 2. The summed E-state index contributed by atoms with van der Waals surface area (Å²) < 4.78 is 1.52. The Bertz CT molecular complexity index is 284. The Morgan fingerprint density at radius 2 is 2.33 bits per heavy atom. The molecule has 12 heavy (non-hydrogen) atoms. The van der Waals surface area contributed by atoms with Crippen molar-refractivity contribution in [2.45, 2.75) is 13.0 Å². The lowest BCUT2D eigenvalue weighted by atomic mass is 10.1. The van der Waals surface area contributed by atoms with Gasteiger partial charge in [-0.1, -0.05) is 11.6 Å². The van der Waals surface area contributed by atoms with Crippen molar-refractivity contribution in [3.05, 3.63) is 16.4 Å².